The molecule has 8 heteroatoms. The van der Waals surface area contributed by atoms with Crippen molar-refractivity contribution in [3.8, 4) is 5.75 Å². The molecule has 2 atom stereocenters. The summed E-state index contributed by atoms with van der Waals surface area (Å²) in [6.07, 6.45) is 0.188. The SMILES string of the molecule is COc1ccc(C)cc1S(=O)(=O)N[C@H](Cc1ccccc1)C(=O)N[C@H](C)c1ccc(Cl)cc1. The lowest BCUT2D eigenvalue weighted by Crippen LogP contribution is -2.48. The van der Waals surface area contributed by atoms with Crippen LogP contribution >= 0.6 is 11.6 Å². The summed E-state index contributed by atoms with van der Waals surface area (Å²) in [5.41, 5.74) is 2.45. The number of carbonyl (C=O) groups is 1. The zero-order valence-corrected chi connectivity index (χ0v) is 20.3. The van der Waals surface area contributed by atoms with Crippen LogP contribution in [0.3, 0.4) is 0 Å². The van der Waals surface area contributed by atoms with Gasteiger partial charge in [0.2, 0.25) is 15.9 Å². The van der Waals surface area contributed by atoms with E-state index in [1.807, 2.05) is 49.4 Å². The van der Waals surface area contributed by atoms with Gasteiger partial charge in [0.25, 0.3) is 0 Å². The number of hydrogen-bond donors (Lipinski definition) is 2. The summed E-state index contributed by atoms with van der Waals surface area (Å²) in [5.74, 6) is -0.224. The molecule has 3 rings (SSSR count). The molecular formula is C25H27ClN2O4S. The fourth-order valence-corrected chi connectivity index (χ4v) is 5.01. The molecule has 0 aliphatic heterocycles. The van der Waals surface area contributed by atoms with Crippen LogP contribution < -0.4 is 14.8 Å². The zero-order valence-electron chi connectivity index (χ0n) is 18.7. The number of ether oxygens (including phenoxy) is 1. The summed E-state index contributed by atoms with van der Waals surface area (Å²) in [6.45, 7) is 3.62. The quantitative estimate of drug-likeness (QED) is 0.468. The Kier molecular flexibility index (Phi) is 8.13. The first-order chi connectivity index (χ1) is 15.7. The van der Waals surface area contributed by atoms with Crippen LogP contribution in [0.15, 0.2) is 77.7 Å². The molecule has 0 aromatic heterocycles. The van der Waals surface area contributed by atoms with Crippen LogP contribution in [0, 0.1) is 6.92 Å². The van der Waals surface area contributed by atoms with Crippen molar-refractivity contribution in [2.75, 3.05) is 7.11 Å². The molecule has 0 saturated carbocycles. The number of methoxy groups -OCH3 is 1. The molecule has 174 valence electrons. The Hall–Kier alpha value is -2.87. The lowest BCUT2D eigenvalue weighted by molar-refractivity contribution is -0.123. The zero-order chi connectivity index (χ0) is 24.0. The molecule has 0 bridgehead atoms. The molecule has 0 aliphatic carbocycles. The Morgan fingerprint density at radius 3 is 2.33 bits per heavy atom. The lowest BCUT2D eigenvalue weighted by atomic mass is 10.0. The van der Waals surface area contributed by atoms with Crippen molar-refractivity contribution in [3.63, 3.8) is 0 Å². The molecule has 6 nitrogen and oxygen atoms in total. The monoisotopic (exact) mass is 486 g/mol. The van der Waals surface area contributed by atoms with Crippen molar-refractivity contribution >= 4 is 27.5 Å². The molecule has 0 radical (unpaired) electrons. The van der Waals surface area contributed by atoms with Crippen molar-refractivity contribution in [1.82, 2.24) is 10.0 Å². The smallest absolute Gasteiger partial charge is 0.244 e. The first kappa shape index (κ1) is 24.8. The van der Waals surface area contributed by atoms with Crippen LogP contribution in [0.2, 0.25) is 5.02 Å². The maximum absolute atomic E-state index is 13.3. The highest BCUT2D eigenvalue weighted by molar-refractivity contribution is 7.89. The summed E-state index contributed by atoms with van der Waals surface area (Å²) < 4.78 is 34.4. The van der Waals surface area contributed by atoms with Gasteiger partial charge in [-0.2, -0.15) is 4.72 Å². The van der Waals surface area contributed by atoms with Gasteiger partial charge in [-0.3, -0.25) is 4.79 Å². The van der Waals surface area contributed by atoms with Crippen LogP contribution in [-0.2, 0) is 21.2 Å². The number of amides is 1. The van der Waals surface area contributed by atoms with Crippen LogP contribution in [0.1, 0.15) is 29.7 Å². The molecule has 0 unspecified atom stereocenters. The molecule has 1 amide bonds. The molecular weight excluding hydrogens is 460 g/mol. The van der Waals surface area contributed by atoms with E-state index in [2.05, 4.69) is 10.0 Å². The van der Waals surface area contributed by atoms with Crippen molar-refractivity contribution in [2.45, 2.75) is 37.2 Å². The van der Waals surface area contributed by atoms with Crippen LogP contribution in [0.5, 0.6) is 5.75 Å². The largest absolute Gasteiger partial charge is 0.495 e. The summed E-state index contributed by atoms with van der Waals surface area (Å²) in [4.78, 5) is 13.2. The summed E-state index contributed by atoms with van der Waals surface area (Å²) >= 11 is 5.96. The first-order valence-electron chi connectivity index (χ1n) is 10.5. The van der Waals surface area contributed by atoms with E-state index in [1.165, 1.54) is 13.2 Å². The first-order valence-corrected chi connectivity index (χ1v) is 12.3. The van der Waals surface area contributed by atoms with E-state index in [1.54, 1.807) is 31.2 Å². The minimum Gasteiger partial charge on any atom is -0.495 e. The molecule has 0 spiro atoms. The van der Waals surface area contributed by atoms with E-state index < -0.39 is 22.0 Å². The van der Waals surface area contributed by atoms with Gasteiger partial charge in [0.15, 0.2) is 0 Å². The van der Waals surface area contributed by atoms with Crippen LogP contribution in [0.25, 0.3) is 0 Å². The topological polar surface area (TPSA) is 84.5 Å². The Balaban J connectivity index is 1.88. The summed E-state index contributed by atoms with van der Waals surface area (Å²) in [5, 5.41) is 3.51. The third-order valence-electron chi connectivity index (χ3n) is 5.23. The maximum Gasteiger partial charge on any atom is 0.244 e. The number of aryl methyl sites for hydroxylation is 1. The average molecular weight is 487 g/mol. The molecule has 2 N–H and O–H groups in total. The second kappa shape index (κ2) is 10.8. The highest BCUT2D eigenvalue weighted by Gasteiger charge is 2.29. The second-order valence-corrected chi connectivity index (χ2v) is 9.92. The van der Waals surface area contributed by atoms with Crippen molar-refractivity contribution in [2.24, 2.45) is 0 Å². The van der Waals surface area contributed by atoms with E-state index in [-0.39, 0.29) is 23.1 Å². The number of hydrogen-bond acceptors (Lipinski definition) is 4. The van der Waals surface area contributed by atoms with Gasteiger partial charge in [0.1, 0.15) is 16.7 Å². The van der Waals surface area contributed by atoms with Crippen LogP contribution in [-0.4, -0.2) is 27.5 Å². The number of nitrogens with one attached hydrogen (secondary N) is 2. The van der Waals surface area contributed by atoms with Crippen molar-refractivity contribution in [1.29, 1.82) is 0 Å². The van der Waals surface area contributed by atoms with Gasteiger partial charge < -0.3 is 10.1 Å². The number of rotatable bonds is 9. The van der Waals surface area contributed by atoms with Gasteiger partial charge in [-0.05, 0) is 61.2 Å². The third-order valence-corrected chi connectivity index (χ3v) is 6.98. The molecule has 0 aliphatic rings. The van der Waals surface area contributed by atoms with E-state index in [0.717, 1.165) is 16.7 Å². The highest BCUT2D eigenvalue weighted by Crippen LogP contribution is 2.25. The number of carbonyl (C=O) groups excluding carboxylic acids is 1. The molecule has 3 aromatic carbocycles. The van der Waals surface area contributed by atoms with E-state index >= 15 is 0 Å². The standard InChI is InChI=1S/C25H27ClN2O4S/c1-17-9-14-23(32-3)24(15-17)33(30,31)28-22(16-19-7-5-4-6-8-19)25(29)27-18(2)20-10-12-21(26)13-11-20/h4-15,18,22,28H,16H2,1-3H3,(H,27,29)/t18-,22-/m1/s1. The van der Waals surface area contributed by atoms with Gasteiger partial charge >= 0.3 is 0 Å². The Bertz CT molecular complexity index is 1200. The minimum absolute atomic E-state index is 0.0124. The Morgan fingerprint density at radius 2 is 1.70 bits per heavy atom. The average Bonchev–Trinajstić information content (AvgIpc) is 2.79. The molecule has 0 heterocycles. The lowest BCUT2D eigenvalue weighted by Gasteiger charge is -2.22. The van der Waals surface area contributed by atoms with Gasteiger partial charge in [0.05, 0.1) is 13.2 Å². The van der Waals surface area contributed by atoms with Crippen molar-refractivity contribution in [3.05, 3.63) is 94.5 Å². The fraction of sp³-hybridized carbons (Fsp3) is 0.240. The summed E-state index contributed by atoms with van der Waals surface area (Å²) in [7, 11) is -2.64. The number of sulfonamides is 1. The predicted molar refractivity (Wildman–Crippen MR) is 130 cm³/mol. The summed E-state index contributed by atoms with van der Waals surface area (Å²) in [6, 6.07) is 19.9. The second-order valence-electron chi connectivity index (χ2n) is 7.80. The van der Waals surface area contributed by atoms with Crippen LogP contribution in [0.4, 0.5) is 0 Å². The maximum atomic E-state index is 13.3. The fourth-order valence-electron chi connectivity index (χ4n) is 3.43. The van der Waals surface area contributed by atoms with E-state index in [9.17, 15) is 13.2 Å². The molecule has 3 aromatic rings. The van der Waals surface area contributed by atoms with E-state index in [4.69, 9.17) is 16.3 Å². The Morgan fingerprint density at radius 1 is 1.03 bits per heavy atom. The molecule has 0 saturated heterocycles. The third kappa shape index (κ3) is 6.57. The molecule has 0 fully saturated rings. The van der Waals surface area contributed by atoms with Gasteiger partial charge in [0, 0.05) is 5.02 Å². The minimum atomic E-state index is -4.05. The number of benzene rings is 3. The van der Waals surface area contributed by atoms with Gasteiger partial charge in [-0.1, -0.05) is 60.1 Å². The number of halogens is 1. The van der Waals surface area contributed by atoms with Gasteiger partial charge in [-0.15, -0.1) is 0 Å². The predicted octanol–water partition coefficient (Wildman–Crippen LogP) is 4.42. The highest BCUT2D eigenvalue weighted by atomic mass is 35.5. The molecule has 33 heavy (non-hydrogen) atoms. The normalized spacial score (nSPS) is 13.2. The van der Waals surface area contributed by atoms with Gasteiger partial charge in [-0.25, -0.2) is 8.42 Å². The Labute approximate surface area is 200 Å². The van der Waals surface area contributed by atoms with E-state index in [0.29, 0.717) is 5.02 Å². The van der Waals surface area contributed by atoms with Crippen molar-refractivity contribution < 1.29 is 17.9 Å².